The lowest BCUT2D eigenvalue weighted by Crippen LogP contribution is -2.47. The minimum atomic E-state index is -0.715. The molecule has 120 valence electrons. The molecule has 1 aliphatic rings. The van der Waals surface area contributed by atoms with Gasteiger partial charge in [0.25, 0.3) is 5.71 Å². The lowest BCUT2D eigenvalue weighted by atomic mass is 9.91. The molecule has 4 rings (SSSR count). The molecule has 0 saturated carbocycles. The molecular weight excluding hydrogens is 296 g/mol. The first kappa shape index (κ1) is 14.1. The van der Waals surface area contributed by atoms with E-state index in [0.29, 0.717) is 25.1 Å². The van der Waals surface area contributed by atoms with E-state index in [-0.39, 0.29) is 0 Å². The maximum Gasteiger partial charge on any atom is 0.263 e. The summed E-state index contributed by atoms with van der Waals surface area (Å²) in [6.45, 7) is 3.90. The maximum absolute atomic E-state index is 10.8. The molecule has 3 aromatic heterocycles. The Bertz CT molecular complexity index is 805. The molecule has 0 radical (unpaired) electrons. The number of nitrogens with zero attached hydrogens (tertiary/aromatic N) is 6. The second-order valence-electron chi connectivity index (χ2n) is 6.09. The van der Waals surface area contributed by atoms with Crippen molar-refractivity contribution in [2.75, 3.05) is 18.0 Å². The van der Waals surface area contributed by atoms with Gasteiger partial charge in [0.1, 0.15) is 17.5 Å². The Labute approximate surface area is 132 Å². The van der Waals surface area contributed by atoms with Crippen molar-refractivity contribution in [2.45, 2.75) is 31.9 Å². The van der Waals surface area contributed by atoms with Crippen LogP contribution in [0.2, 0.25) is 0 Å². The number of piperidine rings is 1. The van der Waals surface area contributed by atoms with E-state index in [2.05, 4.69) is 25.0 Å². The molecule has 3 aromatic rings. The Morgan fingerprint density at radius 2 is 2.13 bits per heavy atom. The molecule has 0 atom stereocenters. The van der Waals surface area contributed by atoms with E-state index in [1.54, 1.807) is 12.5 Å². The molecule has 1 aliphatic heterocycles. The summed E-state index contributed by atoms with van der Waals surface area (Å²) in [5, 5.41) is 15.6. The van der Waals surface area contributed by atoms with Crippen LogP contribution in [-0.4, -0.2) is 48.5 Å². The number of aromatic nitrogens is 5. The molecule has 0 aliphatic carbocycles. The van der Waals surface area contributed by atoms with Crippen LogP contribution >= 0.6 is 0 Å². The predicted octanol–water partition coefficient (Wildman–Crippen LogP) is 1.15. The first-order valence-electron chi connectivity index (χ1n) is 7.65. The van der Waals surface area contributed by atoms with Crippen molar-refractivity contribution in [3.05, 3.63) is 30.7 Å². The van der Waals surface area contributed by atoms with Gasteiger partial charge < -0.3 is 19.1 Å². The zero-order chi connectivity index (χ0) is 15.9. The fourth-order valence-corrected chi connectivity index (χ4v) is 3.16. The largest absolute Gasteiger partial charge is 0.388 e. The lowest BCUT2D eigenvalue weighted by Gasteiger charge is -2.38. The number of hydrogen-bond donors (Lipinski definition) is 1. The minimum absolute atomic E-state index is 0.506. The van der Waals surface area contributed by atoms with Crippen LogP contribution in [0.4, 0.5) is 5.82 Å². The van der Waals surface area contributed by atoms with Gasteiger partial charge in [0.15, 0.2) is 0 Å². The van der Waals surface area contributed by atoms with Crippen LogP contribution in [0.5, 0.6) is 0 Å². The molecule has 0 amide bonds. The highest BCUT2D eigenvalue weighted by molar-refractivity contribution is 5.87. The fraction of sp³-hybridized carbons (Fsp3) is 0.467. The quantitative estimate of drug-likeness (QED) is 0.775. The Kier molecular flexibility index (Phi) is 3.26. The van der Waals surface area contributed by atoms with E-state index in [1.807, 2.05) is 17.7 Å². The van der Waals surface area contributed by atoms with Crippen LogP contribution in [0.15, 0.2) is 29.6 Å². The first-order chi connectivity index (χ1) is 11.1. The molecule has 0 spiro atoms. The van der Waals surface area contributed by atoms with Crippen molar-refractivity contribution in [2.24, 2.45) is 0 Å². The van der Waals surface area contributed by atoms with Gasteiger partial charge in [-0.3, -0.25) is 0 Å². The van der Waals surface area contributed by atoms with Gasteiger partial charge in [0.2, 0.25) is 0 Å². The number of imidazole rings is 1. The molecule has 23 heavy (non-hydrogen) atoms. The number of hydrogen-bond acceptors (Lipinski definition) is 7. The second-order valence-corrected chi connectivity index (χ2v) is 6.09. The molecule has 1 N–H and O–H groups in total. The van der Waals surface area contributed by atoms with Crippen molar-refractivity contribution in [1.82, 2.24) is 24.7 Å². The zero-order valence-corrected chi connectivity index (χ0v) is 12.9. The predicted molar refractivity (Wildman–Crippen MR) is 83.0 cm³/mol. The van der Waals surface area contributed by atoms with E-state index in [0.717, 1.165) is 30.0 Å². The third kappa shape index (κ3) is 2.55. The van der Waals surface area contributed by atoms with Gasteiger partial charge in [0, 0.05) is 25.5 Å². The second kappa shape index (κ2) is 5.31. The average molecular weight is 314 g/mol. The van der Waals surface area contributed by atoms with Crippen LogP contribution < -0.4 is 4.90 Å². The molecule has 0 unspecified atom stereocenters. The van der Waals surface area contributed by atoms with E-state index in [4.69, 9.17) is 4.52 Å². The van der Waals surface area contributed by atoms with Crippen LogP contribution in [0, 0.1) is 6.92 Å². The molecule has 0 bridgehead atoms. The summed E-state index contributed by atoms with van der Waals surface area (Å²) in [6, 6.07) is 0. The molecular formula is C15H18N6O2. The monoisotopic (exact) mass is 314 g/mol. The summed E-state index contributed by atoms with van der Waals surface area (Å²) < 4.78 is 7.12. The first-order valence-corrected chi connectivity index (χ1v) is 7.65. The number of aryl methyl sites for hydroxylation is 1. The number of anilines is 1. The van der Waals surface area contributed by atoms with Crippen molar-refractivity contribution < 1.29 is 9.63 Å². The highest BCUT2D eigenvalue weighted by Crippen LogP contribution is 2.31. The van der Waals surface area contributed by atoms with Crippen LogP contribution in [-0.2, 0) is 6.54 Å². The molecule has 4 heterocycles. The van der Waals surface area contributed by atoms with Crippen molar-refractivity contribution >= 4 is 16.9 Å². The Morgan fingerprint density at radius 3 is 2.87 bits per heavy atom. The lowest BCUT2D eigenvalue weighted by molar-refractivity contribution is -0.000141. The smallest absolute Gasteiger partial charge is 0.263 e. The van der Waals surface area contributed by atoms with E-state index in [1.165, 1.54) is 6.33 Å². The van der Waals surface area contributed by atoms with E-state index in [9.17, 15) is 5.11 Å². The van der Waals surface area contributed by atoms with Crippen molar-refractivity contribution in [1.29, 1.82) is 0 Å². The third-order valence-electron chi connectivity index (χ3n) is 4.45. The normalized spacial score (nSPS) is 17.7. The maximum atomic E-state index is 10.8. The zero-order valence-electron chi connectivity index (χ0n) is 12.9. The standard InChI is InChI=1S/C15H18N6O2/c1-11-12-13(17-9-18-14(12)23-19-11)21-5-2-15(22,3-6-21)8-20-7-4-16-10-20/h4,7,9-10,22H,2-3,5-6,8H2,1H3. The highest BCUT2D eigenvalue weighted by atomic mass is 16.5. The van der Waals surface area contributed by atoms with Crippen LogP contribution in [0.1, 0.15) is 18.5 Å². The summed E-state index contributed by atoms with van der Waals surface area (Å²) in [5.41, 5.74) is 0.578. The molecule has 1 saturated heterocycles. The van der Waals surface area contributed by atoms with Gasteiger partial charge in [-0.05, 0) is 19.8 Å². The van der Waals surface area contributed by atoms with Gasteiger partial charge >= 0.3 is 0 Å². The van der Waals surface area contributed by atoms with Crippen LogP contribution in [0.3, 0.4) is 0 Å². The minimum Gasteiger partial charge on any atom is -0.388 e. The Balaban J connectivity index is 1.54. The van der Waals surface area contributed by atoms with Crippen molar-refractivity contribution in [3.63, 3.8) is 0 Å². The summed E-state index contributed by atoms with van der Waals surface area (Å²) in [5.74, 6) is 0.832. The summed E-state index contributed by atoms with van der Waals surface area (Å²) in [4.78, 5) is 14.7. The van der Waals surface area contributed by atoms with Gasteiger partial charge in [0.05, 0.1) is 24.2 Å². The number of aliphatic hydroxyl groups is 1. The van der Waals surface area contributed by atoms with E-state index >= 15 is 0 Å². The Morgan fingerprint density at radius 1 is 1.30 bits per heavy atom. The van der Waals surface area contributed by atoms with Gasteiger partial charge in [-0.1, -0.05) is 5.16 Å². The SMILES string of the molecule is Cc1noc2ncnc(N3CCC(O)(Cn4ccnc4)CC3)c12. The summed E-state index contributed by atoms with van der Waals surface area (Å²) in [6.07, 6.45) is 8.17. The highest BCUT2D eigenvalue weighted by Gasteiger charge is 2.34. The molecule has 1 fully saturated rings. The van der Waals surface area contributed by atoms with Crippen LogP contribution in [0.25, 0.3) is 11.1 Å². The van der Waals surface area contributed by atoms with Gasteiger partial charge in [-0.15, -0.1) is 0 Å². The van der Waals surface area contributed by atoms with Crippen molar-refractivity contribution in [3.8, 4) is 0 Å². The number of fused-ring (bicyclic) bond motifs is 1. The topological polar surface area (TPSA) is 93.1 Å². The van der Waals surface area contributed by atoms with Gasteiger partial charge in [-0.25, -0.2) is 9.97 Å². The summed E-state index contributed by atoms with van der Waals surface area (Å²) in [7, 11) is 0. The number of rotatable bonds is 3. The molecule has 8 heteroatoms. The molecule has 8 nitrogen and oxygen atoms in total. The van der Waals surface area contributed by atoms with E-state index < -0.39 is 5.60 Å². The molecule has 0 aromatic carbocycles. The average Bonchev–Trinajstić information content (AvgIpc) is 3.18. The Hall–Kier alpha value is -2.48. The third-order valence-corrected chi connectivity index (χ3v) is 4.45. The fourth-order valence-electron chi connectivity index (χ4n) is 3.16. The van der Waals surface area contributed by atoms with Gasteiger partial charge in [-0.2, -0.15) is 4.98 Å². The summed E-state index contributed by atoms with van der Waals surface area (Å²) >= 11 is 0.